The minimum absolute atomic E-state index is 0.708. The first-order valence-electron chi connectivity index (χ1n) is 5.55. The molecule has 0 aliphatic heterocycles. The molecule has 1 fully saturated rings. The van der Waals surface area contributed by atoms with Crippen LogP contribution in [0.3, 0.4) is 0 Å². The van der Waals surface area contributed by atoms with E-state index in [1.54, 1.807) is 7.11 Å². The molecule has 3 nitrogen and oxygen atoms in total. The van der Waals surface area contributed by atoms with Gasteiger partial charge < -0.3 is 9.30 Å². The van der Waals surface area contributed by atoms with E-state index in [0.29, 0.717) is 5.92 Å². The SMILES string of the molecule is COc1ccc(-n2cnc(C3CC3)c2)cc1. The van der Waals surface area contributed by atoms with Crippen molar-refractivity contribution in [3.8, 4) is 11.4 Å². The summed E-state index contributed by atoms with van der Waals surface area (Å²) < 4.78 is 7.20. The molecule has 3 rings (SSSR count). The number of benzene rings is 1. The first-order chi connectivity index (χ1) is 7.86. The van der Waals surface area contributed by atoms with Crippen molar-refractivity contribution < 1.29 is 4.74 Å². The zero-order valence-corrected chi connectivity index (χ0v) is 9.26. The smallest absolute Gasteiger partial charge is 0.119 e. The molecule has 16 heavy (non-hydrogen) atoms. The molecule has 0 amide bonds. The van der Waals surface area contributed by atoms with Crippen LogP contribution in [0.15, 0.2) is 36.8 Å². The van der Waals surface area contributed by atoms with Gasteiger partial charge in [-0.3, -0.25) is 0 Å². The summed E-state index contributed by atoms with van der Waals surface area (Å²) in [5.41, 5.74) is 2.34. The van der Waals surface area contributed by atoms with Crippen molar-refractivity contribution in [1.29, 1.82) is 0 Å². The molecule has 0 N–H and O–H groups in total. The maximum atomic E-state index is 5.13. The van der Waals surface area contributed by atoms with Crippen molar-refractivity contribution in [2.45, 2.75) is 18.8 Å². The average Bonchev–Trinajstić information content (AvgIpc) is 3.08. The molecule has 1 aromatic heterocycles. The normalized spacial score (nSPS) is 15.1. The van der Waals surface area contributed by atoms with Gasteiger partial charge in [0.2, 0.25) is 0 Å². The summed E-state index contributed by atoms with van der Waals surface area (Å²) in [4.78, 5) is 4.43. The molecule has 0 saturated heterocycles. The summed E-state index contributed by atoms with van der Waals surface area (Å²) in [5.74, 6) is 1.59. The van der Waals surface area contributed by atoms with Crippen LogP contribution in [0.4, 0.5) is 0 Å². The number of aromatic nitrogens is 2. The summed E-state index contributed by atoms with van der Waals surface area (Å²) in [6.45, 7) is 0. The lowest BCUT2D eigenvalue weighted by atomic mass is 10.3. The van der Waals surface area contributed by atoms with Crippen LogP contribution in [0.2, 0.25) is 0 Å². The Bertz CT molecular complexity index is 483. The Morgan fingerprint density at radius 2 is 2.00 bits per heavy atom. The van der Waals surface area contributed by atoms with Gasteiger partial charge in [-0.2, -0.15) is 0 Å². The molecule has 82 valence electrons. The minimum atomic E-state index is 0.708. The Balaban J connectivity index is 1.88. The van der Waals surface area contributed by atoms with Crippen molar-refractivity contribution in [2.24, 2.45) is 0 Å². The van der Waals surface area contributed by atoms with E-state index >= 15 is 0 Å². The van der Waals surface area contributed by atoms with Gasteiger partial charge in [0.1, 0.15) is 5.75 Å². The highest BCUT2D eigenvalue weighted by molar-refractivity contribution is 5.38. The summed E-state index contributed by atoms with van der Waals surface area (Å²) in [7, 11) is 1.68. The van der Waals surface area contributed by atoms with E-state index in [2.05, 4.69) is 15.7 Å². The van der Waals surface area contributed by atoms with Gasteiger partial charge in [-0.1, -0.05) is 0 Å². The number of hydrogen-bond acceptors (Lipinski definition) is 2. The number of nitrogens with zero attached hydrogens (tertiary/aromatic N) is 2. The van der Waals surface area contributed by atoms with Gasteiger partial charge in [-0.05, 0) is 37.1 Å². The van der Waals surface area contributed by atoms with E-state index in [1.807, 2.05) is 30.6 Å². The Kier molecular flexibility index (Phi) is 2.17. The molecule has 1 saturated carbocycles. The number of ether oxygens (including phenoxy) is 1. The molecular formula is C13H14N2O. The molecular weight excluding hydrogens is 200 g/mol. The largest absolute Gasteiger partial charge is 0.497 e. The fourth-order valence-corrected chi connectivity index (χ4v) is 1.82. The highest BCUT2D eigenvalue weighted by Gasteiger charge is 2.25. The first kappa shape index (κ1) is 9.46. The Morgan fingerprint density at radius 3 is 2.62 bits per heavy atom. The molecule has 0 unspecified atom stereocenters. The Hall–Kier alpha value is -1.77. The van der Waals surface area contributed by atoms with E-state index in [4.69, 9.17) is 4.74 Å². The Labute approximate surface area is 94.7 Å². The molecule has 1 heterocycles. The van der Waals surface area contributed by atoms with Crippen LogP contribution in [-0.2, 0) is 0 Å². The van der Waals surface area contributed by atoms with Gasteiger partial charge in [-0.15, -0.1) is 0 Å². The predicted octanol–water partition coefficient (Wildman–Crippen LogP) is 2.76. The lowest BCUT2D eigenvalue weighted by Crippen LogP contribution is -1.90. The van der Waals surface area contributed by atoms with Crippen molar-refractivity contribution in [3.05, 3.63) is 42.5 Å². The zero-order chi connectivity index (χ0) is 11.0. The van der Waals surface area contributed by atoms with Crippen molar-refractivity contribution in [3.63, 3.8) is 0 Å². The van der Waals surface area contributed by atoms with Gasteiger partial charge in [0, 0.05) is 17.8 Å². The van der Waals surface area contributed by atoms with Crippen LogP contribution in [-0.4, -0.2) is 16.7 Å². The standard InChI is InChI=1S/C13H14N2O/c1-16-12-6-4-11(5-7-12)15-8-13(14-9-15)10-2-3-10/h4-10H,2-3H2,1H3. The molecule has 0 radical (unpaired) electrons. The van der Waals surface area contributed by atoms with Crippen LogP contribution in [0.1, 0.15) is 24.5 Å². The number of imidazole rings is 1. The fraction of sp³-hybridized carbons (Fsp3) is 0.308. The van der Waals surface area contributed by atoms with Crippen LogP contribution < -0.4 is 4.74 Å². The first-order valence-corrected chi connectivity index (χ1v) is 5.55. The minimum Gasteiger partial charge on any atom is -0.497 e. The predicted molar refractivity (Wildman–Crippen MR) is 62.1 cm³/mol. The molecule has 3 heteroatoms. The van der Waals surface area contributed by atoms with E-state index < -0.39 is 0 Å². The molecule has 0 spiro atoms. The van der Waals surface area contributed by atoms with Crippen LogP contribution >= 0.6 is 0 Å². The number of hydrogen-bond donors (Lipinski definition) is 0. The van der Waals surface area contributed by atoms with E-state index in [1.165, 1.54) is 18.5 Å². The van der Waals surface area contributed by atoms with Gasteiger partial charge in [0.15, 0.2) is 0 Å². The van der Waals surface area contributed by atoms with E-state index in [9.17, 15) is 0 Å². The third kappa shape index (κ3) is 1.69. The van der Waals surface area contributed by atoms with Crippen molar-refractivity contribution in [2.75, 3.05) is 7.11 Å². The monoisotopic (exact) mass is 214 g/mol. The second-order valence-corrected chi connectivity index (χ2v) is 4.18. The zero-order valence-electron chi connectivity index (χ0n) is 9.26. The molecule has 1 aromatic carbocycles. The third-order valence-electron chi connectivity index (χ3n) is 2.97. The van der Waals surface area contributed by atoms with Gasteiger partial charge >= 0.3 is 0 Å². The van der Waals surface area contributed by atoms with Crippen LogP contribution in [0, 0.1) is 0 Å². The molecule has 0 bridgehead atoms. The van der Waals surface area contributed by atoms with Crippen molar-refractivity contribution >= 4 is 0 Å². The average molecular weight is 214 g/mol. The maximum absolute atomic E-state index is 5.13. The maximum Gasteiger partial charge on any atom is 0.119 e. The van der Waals surface area contributed by atoms with E-state index in [0.717, 1.165) is 11.4 Å². The molecule has 1 aliphatic rings. The summed E-state index contributed by atoms with van der Waals surface area (Å²) in [6.07, 6.45) is 6.59. The highest BCUT2D eigenvalue weighted by Crippen LogP contribution is 2.39. The second kappa shape index (κ2) is 3.67. The molecule has 2 aromatic rings. The van der Waals surface area contributed by atoms with Gasteiger partial charge in [-0.25, -0.2) is 4.98 Å². The summed E-state index contributed by atoms with van der Waals surface area (Å²) in [6, 6.07) is 8.01. The van der Waals surface area contributed by atoms with Gasteiger partial charge in [0.25, 0.3) is 0 Å². The topological polar surface area (TPSA) is 27.1 Å². The second-order valence-electron chi connectivity index (χ2n) is 4.18. The van der Waals surface area contributed by atoms with Crippen LogP contribution in [0.5, 0.6) is 5.75 Å². The molecule has 0 atom stereocenters. The van der Waals surface area contributed by atoms with Crippen molar-refractivity contribution in [1.82, 2.24) is 9.55 Å². The summed E-state index contributed by atoms with van der Waals surface area (Å²) >= 11 is 0. The van der Waals surface area contributed by atoms with E-state index in [-0.39, 0.29) is 0 Å². The lowest BCUT2D eigenvalue weighted by molar-refractivity contribution is 0.415. The Morgan fingerprint density at radius 1 is 1.25 bits per heavy atom. The van der Waals surface area contributed by atoms with Gasteiger partial charge in [0.05, 0.1) is 19.1 Å². The summed E-state index contributed by atoms with van der Waals surface area (Å²) in [5, 5.41) is 0. The lowest BCUT2D eigenvalue weighted by Gasteiger charge is -2.03. The quantitative estimate of drug-likeness (QED) is 0.785. The van der Waals surface area contributed by atoms with Crippen LogP contribution in [0.25, 0.3) is 5.69 Å². The fourth-order valence-electron chi connectivity index (χ4n) is 1.82. The number of rotatable bonds is 3. The third-order valence-corrected chi connectivity index (χ3v) is 2.97. The molecule has 1 aliphatic carbocycles. The highest BCUT2D eigenvalue weighted by atomic mass is 16.5. The number of methoxy groups -OCH3 is 1.